The van der Waals surface area contributed by atoms with E-state index in [1.165, 1.54) is 4.90 Å². The van der Waals surface area contributed by atoms with E-state index in [-0.39, 0.29) is 5.91 Å². The highest BCUT2D eigenvalue weighted by Gasteiger charge is 2.25. The van der Waals surface area contributed by atoms with E-state index in [0.29, 0.717) is 11.8 Å². The molecule has 0 radical (unpaired) electrons. The second-order valence-corrected chi connectivity index (χ2v) is 5.09. The molecule has 1 aliphatic carbocycles. The topological polar surface area (TPSA) is 42.4 Å². The van der Waals surface area contributed by atoms with Gasteiger partial charge < -0.3 is 9.64 Å². The Labute approximate surface area is 105 Å². The summed E-state index contributed by atoms with van der Waals surface area (Å²) in [6.45, 7) is 0. The van der Waals surface area contributed by atoms with Gasteiger partial charge in [0.15, 0.2) is 5.75 Å². The minimum Gasteiger partial charge on any atom is -0.488 e. The van der Waals surface area contributed by atoms with Crippen molar-refractivity contribution in [1.29, 1.82) is 0 Å². The summed E-state index contributed by atoms with van der Waals surface area (Å²) in [5.74, 6) is 0.702. The molecule has 17 heavy (non-hydrogen) atoms. The third kappa shape index (κ3) is 2.91. The Balaban J connectivity index is 2.23. The van der Waals surface area contributed by atoms with Crippen molar-refractivity contribution in [3.63, 3.8) is 0 Å². The van der Waals surface area contributed by atoms with Crippen molar-refractivity contribution in [2.45, 2.75) is 23.8 Å². The van der Waals surface area contributed by atoms with Gasteiger partial charge in [0.25, 0.3) is 5.91 Å². The Kier molecular flexibility index (Phi) is 3.57. The average Bonchev–Trinajstić information content (AvgIpc) is 3.12. The molecule has 1 fully saturated rings. The van der Waals surface area contributed by atoms with Crippen LogP contribution in [-0.4, -0.2) is 42.2 Å². The lowest BCUT2D eigenvalue weighted by atomic mass is 10.3. The van der Waals surface area contributed by atoms with Crippen molar-refractivity contribution in [2.24, 2.45) is 0 Å². The molecule has 0 bridgehead atoms. The van der Waals surface area contributed by atoms with Gasteiger partial charge in [-0.25, -0.2) is 4.98 Å². The molecule has 92 valence electrons. The number of nitrogens with zero attached hydrogens (tertiary/aromatic N) is 2. The first-order valence-electron chi connectivity index (χ1n) is 5.54. The summed E-state index contributed by atoms with van der Waals surface area (Å²) in [6.07, 6.45) is 6.20. The van der Waals surface area contributed by atoms with Crippen LogP contribution in [0.25, 0.3) is 0 Å². The lowest BCUT2D eigenvalue weighted by Gasteiger charge is -2.12. The largest absolute Gasteiger partial charge is 0.488 e. The number of pyridine rings is 1. The molecule has 1 aliphatic rings. The molecule has 1 aromatic rings. The molecule has 0 unspecified atom stereocenters. The first-order chi connectivity index (χ1) is 8.11. The molecule has 1 amide bonds. The van der Waals surface area contributed by atoms with E-state index < -0.39 is 0 Å². The smallest absolute Gasteiger partial charge is 0.271 e. The monoisotopic (exact) mass is 252 g/mol. The standard InChI is InChI=1S/C12H16N2O2S/c1-14(2)12(15)9-6-11(17-3)10(7-13-9)16-8-4-5-8/h6-8H,4-5H2,1-3H3. The normalized spacial score (nSPS) is 14.5. The number of hydrogen-bond donors (Lipinski definition) is 0. The Morgan fingerprint density at radius 1 is 1.53 bits per heavy atom. The van der Waals surface area contributed by atoms with Crippen LogP contribution in [0.4, 0.5) is 0 Å². The number of hydrogen-bond acceptors (Lipinski definition) is 4. The van der Waals surface area contributed by atoms with E-state index in [1.54, 1.807) is 38.1 Å². The lowest BCUT2D eigenvalue weighted by Crippen LogP contribution is -2.22. The van der Waals surface area contributed by atoms with Gasteiger partial charge in [-0.1, -0.05) is 0 Å². The number of carbonyl (C=O) groups excluding carboxylic acids is 1. The summed E-state index contributed by atoms with van der Waals surface area (Å²) in [6, 6.07) is 1.80. The summed E-state index contributed by atoms with van der Waals surface area (Å²) >= 11 is 1.57. The van der Waals surface area contributed by atoms with Gasteiger partial charge in [-0.15, -0.1) is 11.8 Å². The predicted octanol–water partition coefficient (Wildman–Crippen LogP) is 2.05. The highest BCUT2D eigenvalue weighted by atomic mass is 32.2. The van der Waals surface area contributed by atoms with E-state index in [1.807, 2.05) is 6.26 Å². The summed E-state index contributed by atoms with van der Waals surface area (Å²) in [5.41, 5.74) is 0.461. The Morgan fingerprint density at radius 3 is 2.76 bits per heavy atom. The van der Waals surface area contributed by atoms with Crippen molar-refractivity contribution in [2.75, 3.05) is 20.4 Å². The zero-order chi connectivity index (χ0) is 12.4. The first kappa shape index (κ1) is 12.2. The Morgan fingerprint density at radius 2 is 2.24 bits per heavy atom. The molecule has 1 aromatic heterocycles. The molecule has 2 rings (SSSR count). The van der Waals surface area contributed by atoms with Crippen molar-refractivity contribution < 1.29 is 9.53 Å². The molecule has 0 atom stereocenters. The summed E-state index contributed by atoms with van der Waals surface area (Å²) in [4.78, 5) is 18.4. The maximum absolute atomic E-state index is 11.8. The SMILES string of the molecule is CSc1cc(C(=O)N(C)C)ncc1OC1CC1. The zero-order valence-corrected chi connectivity index (χ0v) is 11.1. The zero-order valence-electron chi connectivity index (χ0n) is 10.3. The van der Waals surface area contributed by atoms with E-state index >= 15 is 0 Å². The first-order valence-corrected chi connectivity index (χ1v) is 6.76. The summed E-state index contributed by atoms with van der Waals surface area (Å²) < 4.78 is 5.73. The molecule has 0 aliphatic heterocycles. The summed E-state index contributed by atoms with van der Waals surface area (Å²) in [7, 11) is 3.44. The second kappa shape index (κ2) is 4.96. The van der Waals surface area contributed by atoms with Crippen LogP contribution in [0.5, 0.6) is 5.75 Å². The second-order valence-electron chi connectivity index (χ2n) is 4.24. The maximum Gasteiger partial charge on any atom is 0.271 e. The van der Waals surface area contributed by atoms with Crippen LogP contribution in [-0.2, 0) is 0 Å². The van der Waals surface area contributed by atoms with Crippen molar-refractivity contribution in [3.8, 4) is 5.75 Å². The van der Waals surface area contributed by atoms with Gasteiger partial charge in [-0.3, -0.25) is 4.79 Å². The minimum absolute atomic E-state index is 0.0849. The molecule has 0 N–H and O–H groups in total. The number of ether oxygens (including phenoxy) is 1. The number of rotatable bonds is 4. The Bertz CT molecular complexity index is 431. The van der Waals surface area contributed by atoms with Crippen LogP contribution in [0.15, 0.2) is 17.2 Å². The van der Waals surface area contributed by atoms with Gasteiger partial charge in [0.05, 0.1) is 17.2 Å². The number of thioether (sulfide) groups is 1. The van der Waals surface area contributed by atoms with Crippen LogP contribution < -0.4 is 4.74 Å². The van der Waals surface area contributed by atoms with Crippen LogP contribution in [0.3, 0.4) is 0 Å². The number of aromatic nitrogens is 1. The molecule has 0 aromatic carbocycles. The van der Waals surface area contributed by atoms with Crippen LogP contribution in [0.2, 0.25) is 0 Å². The average molecular weight is 252 g/mol. The molecule has 1 saturated carbocycles. The molecule has 1 heterocycles. The minimum atomic E-state index is -0.0849. The van der Waals surface area contributed by atoms with Crippen molar-refractivity contribution in [3.05, 3.63) is 18.0 Å². The summed E-state index contributed by atoms with van der Waals surface area (Å²) in [5, 5.41) is 0. The van der Waals surface area contributed by atoms with Crippen LogP contribution in [0.1, 0.15) is 23.3 Å². The van der Waals surface area contributed by atoms with Gasteiger partial charge in [0, 0.05) is 14.1 Å². The fourth-order valence-corrected chi connectivity index (χ4v) is 1.92. The highest BCUT2D eigenvalue weighted by Crippen LogP contribution is 2.33. The van der Waals surface area contributed by atoms with Crippen LogP contribution in [0, 0.1) is 0 Å². The van der Waals surface area contributed by atoms with Crippen LogP contribution >= 0.6 is 11.8 Å². The quantitative estimate of drug-likeness (QED) is 0.769. The van der Waals surface area contributed by atoms with Gasteiger partial charge in [-0.2, -0.15) is 0 Å². The van der Waals surface area contributed by atoms with Crippen molar-refractivity contribution >= 4 is 17.7 Å². The van der Waals surface area contributed by atoms with Crippen molar-refractivity contribution in [1.82, 2.24) is 9.88 Å². The van der Waals surface area contributed by atoms with Gasteiger partial charge in [-0.05, 0) is 25.2 Å². The van der Waals surface area contributed by atoms with Gasteiger partial charge in [0.1, 0.15) is 5.69 Å². The van der Waals surface area contributed by atoms with Gasteiger partial charge >= 0.3 is 0 Å². The maximum atomic E-state index is 11.8. The predicted molar refractivity (Wildman–Crippen MR) is 67.7 cm³/mol. The fraction of sp³-hybridized carbons (Fsp3) is 0.500. The van der Waals surface area contributed by atoms with E-state index in [2.05, 4.69) is 4.98 Å². The van der Waals surface area contributed by atoms with E-state index in [9.17, 15) is 4.79 Å². The Hall–Kier alpha value is -1.23. The molecular formula is C12H16N2O2S. The third-order valence-electron chi connectivity index (χ3n) is 2.49. The van der Waals surface area contributed by atoms with E-state index in [4.69, 9.17) is 4.74 Å². The molecule has 0 spiro atoms. The van der Waals surface area contributed by atoms with E-state index in [0.717, 1.165) is 23.5 Å². The van der Waals surface area contributed by atoms with Gasteiger partial charge in [0.2, 0.25) is 0 Å². The molecule has 0 saturated heterocycles. The molecular weight excluding hydrogens is 236 g/mol. The fourth-order valence-electron chi connectivity index (χ4n) is 1.38. The third-order valence-corrected chi connectivity index (χ3v) is 3.25. The number of carbonyl (C=O) groups is 1. The number of amides is 1. The molecule has 5 heteroatoms. The highest BCUT2D eigenvalue weighted by molar-refractivity contribution is 7.98. The molecule has 4 nitrogen and oxygen atoms in total. The lowest BCUT2D eigenvalue weighted by molar-refractivity contribution is 0.0821.